The summed E-state index contributed by atoms with van der Waals surface area (Å²) in [5.41, 5.74) is -1.60. The first-order valence-corrected chi connectivity index (χ1v) is 9.33. The number of nitrogens with zero attached hydrogens (tertiary/aromatic N) is 3. The molecule has 1 atom stereocenters. The molecule has 6 nitrogen and oxygen atoms in total. The number of carbonyl (C=O) groups excluding carboxylic acids is 2. The zero-order chi connectivity index (χ0) is 20.5. The monoisotopic (exact) mass is 396 g/mol. The molecule has 1 unspecified atom stereocenters. The molecule has 1 saturated heterocycles. The van der Waals surface area contributed by atoms with E-state index in [-0.39, 0.29) is 31.1 Å². The Bertz CT molecular complexity index is 809. The Hall–Kier alpha value is -2.58. The van der Waals surface area contributed by atoms with Crippen molar-refractivity contribution in [3.63, 3.8) is 0 Å². The van der Waals surface area contributed by atoms with Gasteiger partial charge >= 0.3 is 6.18 Å². The van der Waals surface area contributed by atoms with Gasteiger partial charge in [-0.15, -0.1) is 0 Å². The van der Waals surface area contributed by atoms with Crippen LogP contribution in [0.25, 0.3) is 0 Å². The molecule has 2 aliphatic heterocycles. The summed E-state index contributed by atoms with van der Waals surface area (Å²) in [6.45, 7) is 3.86. The summed E-state index contributed by atoms with van der Waals surface area (Å²) in [6, 6.07) is 4.92. The molecule has 9 heteroatoms. The maximum atomic E-state index is 13.2. The molecule has 152 valence electrons. The van der Waals surface area contributed by atoms with E-state index in [0.717, 1.165) is 25.0 Å². The molecule has 2 amide bonds. The fourth-order valence-corrected chi connectivity index (χ4v) is 3.59. The molecular formula is C19H23F3N4O2. The van der Waals surface area contributed by atoms with Crippen LogP contribution in [-0.2, 0) is 15.8 Å². The predicted octanol–water partition coefficient (Wildman–Crippen LogP) is 3.34. The number of hydrogen-bond acceptors (Lipinski definition) is 4. The van der Waals surface area contributed by atoms with Gasteiger partial charge in [0.2, 0.25) is 17.8 Å². The number of aliphatic imine (C=N–C) groups is 1. The van der Waals surface area contributed by atoms with Crippen molar-refractivity contribution in [3.8, 4) is 0 Å². The molecule has 1 fully saturated rings. The van der Waals surface area contributed by atoms with Crippen LogP contribution in [-0.4, -0.2) is 36.0 Å². The van der Waals surface area contributed by atoms with Crippen molar-refractivity contribution in [3.05, 3.63) is 29.8 Å². The highest BCUT2D eigenvalue weighted by molar-refractivity contribution is 6.20. The second kappa shape index (κ2) is 7.44. The molecule has 0 radical (unpaired) electrons. The van der Waals surface area contributed by atoms with Crippen LogP contribution in [0.4, 0.5) is 18.9 Å². The van der Waals surface area contributed by atoms with E-state index in [2.05, 4.69) is 10.3 Å². The highest BCUT2D eigenvalue weighted by Crippen LogP contribution is 2.36. The number of nitrogens with one attached hydrogen (secondary N) is 1. The van der Waals surface area contributed by atoms with E-state index >= 15 is 0 Å². The van der Waals surface area contributed by atoms with Crippen LogP contribution < -0.4 is 10.2 Å². The fourth-order valence-electron chi connectivity index (χ4n) is 3.59. The lowest BCUT2D eigenvalue weighted by molar-refractivity contribution is -0.151. The average Bonchev–Trinajstić information content (AvgIpc) is 2.68. The largest absolute Gasteiger partial charge is 0.416 e. The van der Waals surface area contributed by atoms with Gasteiger partial charge in [0, 0.05) is 5.69 Å². The maximum Gasteiger partial charge on any atom is 0.416 e. The third-order valence-electron chi connectivity index (χ3n) is 5.37. The summed E-state index contributed by atoms with van der Waals surface area (Å²) in [5, 5.41) is 2.72. The van der Waals surface area contributed by atoms with Crippen LogP contribution in [0, 0.1) is 5.41 Å². The summed E-state index contributed by atoms with van der Waals surface area (Å²) in [6.07, 6.45) is -2.10. The number of hydrogen-bond donors (Lipinski definition) is 1. The molecule has 0 aliphatic carbocycles. The number of unbranched alkanes of at least 4 members (excludes halogenated alkanes) is 1. The third-order valence-corrected chi connectivity index (χ3v) is 5.37. The van der Waals surface area contributed by atoms with E-state index in [1.807, 2.05) is 6.92 Å². The first-order valence-electron chi connectivity index (χ1n) is 9.33. The van der Waals surface area contributed by atoms with E-state index in [4.69, 9.17) is 0 Å². The quantitative estimate of drug-likeness (QED) is 0.777. The number of anilines is 1. The molecule has 0 spiro atoms. The zero-order valence-electron chi connectivity index (χ0n) is 15.8. The second-order valence-electron chi connectivity index (χ2n) is 7.08. The van der Waals surface area contributed by atoms with Gasteiger partial charge in [0.1, 0.15) is 18.8 Å². The number of carbonyl (C=O) groups is 2. The lowest BCUT2D eigenvalue weighted by Gasteiger charge is -2.44. The van der Waals surface area contributed by atoms with Gasteiger partial charge in [-0.25, -0.2) is 4.99 Å². The Labute approximate surface area is 161 Å². The average molecular weight is 396 g/mol. The van der Waals surface area contributed by atoms with Crippen molar-refractivity contribution in [2.75, 3.05) is 18.2 Å². The minimum Gasteiger partial charge on any atom is -0.334 e. The molecule has 0 saturated carbocycles. The SMILES string of the molecule is CCCCC1(CC)C(=O)NC2=NCN(c3cccc(C(F)(F)F)c3)CN2C1=O. The molecule has 28 heavy (non-hydrogen) atoms. The van der Waals surface area contributed by atoms with Gasteiger partial charge < -0.3 is 4.90 Å². The van der Waals surface area contributed by atoms with Gasteiger partial charge in [0.05, 0.1) is 5.56 Å². The van der Waals surface area contributed by atoms with Crippen LogP contribution in [0.3, 0.4) is 0 Å². The molecule has 2 aliphatic rings. The van der Waals surface area contributed by atoms with Crippen LogP contribution in [0.1, 0.15) is 45.1 Å². The van der Waals surface area contributed by atoms with Gasteiger partial charge in [0.25, 0.3) is 0 Å². The van der Waals surface area contributed by atoms with Crippen molar-refractivity contribution in [1.82, 2.24) is 10.2 Å². The smallest absolute Gasteiger partial charge is 0.334 e. The van der Waals surface area contributed by atoms with E-state index < -0.39 is 17.2 Å². The van der Waals surface area contributed by atoms with E-state index in [0.29, 0.717) is 18.5 Å². The maximum absolute atomic E-state index is 13.2. The molecule has 1 aromatic carbocycles. The topological polar surface area (TPSA) is 65.0 Å². The highest BCUT2D eigenvalue weighted by Gasteiger charge is 2.52. The number of halogens is 3. The fraction of sp³-hybridized carbons (Fsp3) is 0.526. The highest BCUT2D eigenvalue weighted by atomic mass is 19.4. The second-order valence-corrected chi connectivity index (χ2v) is 7.08. The first kappa shape index (κ1) is 20.2. The van der Waals surface area contributed by atoms with Crippen molar-refractivity contribution >= 4 is 23.5 Å². The number of benzene rings is 1. The summed E-state index contributed by atoms with van der Waals surface area (Å²) in [5.74, 6) is -0.530. The molecule has 1 N–H and O–H groups in total. The van der Waals surface area contributed by atoms with Crippen LogP contribution in [0.2, 0.25) is 0 Å². The molecule has 1 aromatic rings. The minimum absolute atomic E-state index is 0.0349. The minimum atomic E-state index is -4.45. The summed E-state index contributed by atoms with van der Waals surface area (Å²) < 4.78 is 39.0. The number of fused-ring (bicyclic) bond motifs is 1. The van der Waals surface area contributed by atoms with Crippen molar-refractivity contribution in [1.29, 1.82) is 0 Å². The summed E-state index contributed by atoms with van der Waals surface area (Å²) in [4.78, 5) is 33.0. The molecular weight excluding hydrogens is 373 g/mol. The Morgan fingerprint density at radius 3 is 2.64 bits per heavy atom. The number of rotatable bonds is 5. The van der Waals surface area contributed by atoms with Crippen LogP contribution in [0.5, 0.6) is 0 Å². The van der Waals surface area contributed by atoms with Gasteiger partial charge in [0.15, 0.2) is 0 Å². The number of guanidine groups is 1. The zero-order valence-corrected chi connectivity index (χ0v) is 15.8. The Morgan fingerprint density at radius 2 is 2.00 bits per heavy atom. The van der Waals surface area contributed by atoms with E-state index in [1.54, 1.807) is 17.9 Å². The van der Waals surface area contributed by atoms with Crippen molar-refractivity contribution in [2.24, 2.45) is 10.4 Å². The first-order chi connectivity index (χ1) is 13.2. The normalized spacial score (nSPS) is 22.7. The Morgan fingerprint density at radius 1 is 1.25 bits per heavy atom. The predicted molar refractivity (Wildman–Crippen MR) is 98.3 cm³/mol. The molecule has 3 rings (SSSR count). The molecule has 0 aromatic heterocycles. The van der Waals surface area contributed by atoms with Crippen LogP contribution in [0.15, 0.2) is 29.3 Å². The Balaban J connectivity index is 1.89. The molecule has 0 bridgehead atoms. The molecule has 2 heterocycles. The van der Waals surface area contributed by atoms with Crippen molar-refractivity contribution in [2.45, 2.75) is 45.7 Å². The third kappa shape index (κ3) is 3.45. The lowest BCUT2D eigenvalue weighted by Crippen LogP contribution is -2.67. The summed E-state index contributed by atoms with van der Waals surface area (Å²) >= 11 is 0. The van der Waals surface area contributed by atoms with E-state index in [9.17, 15) is 22.8 Å². The Kier molecular flexibility index (Phi) is 5.36. The van der Waals surface area contributed by atoms with Gasteiger partial charge in [-0.1, -0.05) is 32.8 Å². The van der Waals surface area contributed by atoms with Gasteiger partial charge in [-0.05, 0) is 31.0 Å². The van der Waals surface area contributed by atoms with Crippen molar-refractivity contribution < 1.29 is 22.8 Å². The standard InChI is InChI=1S/C19H23F3N4O2/c1-3-5-9-18(4-2)15(27)24-17-23-11-25(12-26(17)16(18)28)14-8-6-7-13(10-14)19(20,21)22/h6-8,10H,3-5,9,11-12H2,1-2H3,(H,23,24,27). The van der Waals surface area contributed by atoms with Gasteiger partial charge in [-0.2, -0.15) is 13.2 Å². The number of alkyl halides is 3. The summed E-state index contributed by atoms with van der Waals surface area (Å²) in [7, 11) is 0. The van der Waals surface area contributed by atoms with E-state index in [1.165, 1.54) is 11.0 Å². The van der Waals surface area contributed by atoms with Crippen LogP contribution >= 0.6 is 0 Å². The number of amides is 2. The van der Waals surface area contributed by atoms with Gasteiger partial charge in [-0.3, -0.25) is 19.8 Å². The lowest BCUT2D eigenvalue weighted by atomic mass is 9.76.